The zero-order valence-corrected chi connectivity index (χ0v) is 15.2. The first-order chi connectivity index (χ1) is 11.5. The average molecular weight is 348 g/mol. The molecule has 0 radical (unpaired) electrons. The Balaban J connectivity index is 1.72. The molecule has 24 heavy (non-hydrogen) atoms. The first-order valence-corrected chi connectivity index (χ1v) is 8.55. The smallest absolute Gasteiger partial charge is 0.199 e. The van der Waals surface area contributed by atoms with Crippen molar-refractivity contribution in [2.24, 2.45) is 0 Å². The summed E-state index contributed by atoms with van der Waals surface area (Å²) in [4.78, 5) is 2.16. The van der Waals surface area contributed by atoms with Crippen molar-refractivity contribution in [2.45, 2.75) is 45.6 Å². The van der Waals surface area contributed by atoms with Crippen LogP contribution < -0.4 is 4.74 Å². The molecule has 0 spiro atoms. The van der Waals surface area contributed by atoms with Gasteiger partial charge in [0.05, 0.1) is 13.8 Å². The van der Waals surface area contributed by atoms with Gasteiger partial charge in [-0.05, 0) is 56.2 Å². The quantitative estimate of drug-likeness (QED) is 0.780. The van der Waals surface area contributed by atoms with E-state index in [4.69, 9.17) is 17.0 Å². The molecule has 0 amide bonds. The van der Waals surface area contributed by atoms with Crippen molar-refractivity contribution in [3.05, 3.63) is 39.9 Å². The van der Waals surface area contributed by atoms with E-state index in [0.717, 1.165) is 30.7 Å². The van der Waals surface area contributed by atoms with Crippen LogP contribution in [0.4, 0.5) is 0 Å². The molecular weight excluding hydrogens is 324 g/mol. The fourth-order valence-electron chi connectivity index (χ4n) is 2.99. The Morgan fingerprint density at radius 2 is 2.17 bits per heavy atom. The van der Waals surface area contributed by atoms with Gasteiger partial charge in [0.1, 0.15) is 12.4 Å². The largest absolute Gasteiger partial charge is 0.496 e. The molecule has 6 nitrogen and oxygen atoms in total. The number of aliphatic hydroxyl groups is 1. The number of aryl methyl sites for hydroxylation is 1. The number of benzene rings is 1. The highest BCUT2D eigenvalue weighted by molar-refractivity contribution is 7.71. The van der Waals surface area contributed by atoms with Crippen molar-refractivity contribution in [3.63, 3.8) is 0 Å². The van der Waals surface area contributed by atoms with E-state index < -0.39 is 0 Å². The van der Waals surface area contributed by atoms with Crippen molar-refractivity contribution >= 4 is 12.2 Å². The van der Waals surface area contributed by atoms with Gasteiger partial charge in [-0.15, -0.1) is 0 Å². The van der Waals surface area contributed by atoms with Crippen LogP contribution in [-0.2, 0) is 19.8 Å². The van der Waals surface area contributed by atoms with Crippen LogP contribution >= 0.6 is 12.2 Å². The summed E-state index contributed by atoms with van der Waals surface area (Å²) in [5.41, 5.74) is 2.34. The molecule has 1 aliphatic rings. The molecule has 0 bridgehead atoms. The Bertz CT molecular complexity index is 779. The Morgan fingerprint density at radius 3 is 2.75 bits per heavy atom. The molecule has 1 fully saturated rings. The minimum Gasteiger partial charge on any atom is -0.496 e. The molecule has 1 aromatic carbocycles. The molecule has 0 atom stereocenters. The summed E-state index contributed by atoms with van der Waals surface area (Å²) in [6.45, 7) is 3.35. The van der Waals surface area contributed by atoms with Crippen LogP contribution in [-0.4, -0.2) is 38.5 Å². The van der Waals surface area contributed by atoms with Gasteiger partial charge in [0.15, 0.2) is 10.6 Å². The number of methoxy groups -OCH3 is 1. The SMILES string of the molecule is COc1ccc(CN(C)Cn2nc(CO)n(C3CC3)c2=S)cc1C. The van der Waals surface area contributed by atoms with Crippen LogP contribution in [0.2, 0.25) is 0 Å². The normalized spacial score (nSPS) is 14.4. The average Bonchev–Trinajstić information content (AvgIpc) is 3.33. The Hall–Kier alpha value is -1.70. The van der Waals surface area contributed by atoms with Crippen LogP contribution in [0.25, 0.3) is 0 Å². The van der Waals surface area contributed by atoms with E-state index in [-0.39, 0.29) is 6.61 Å². The molecule has 0 unspecified atom stereocenters. The lowest BCUT2D eigenvalue weighted by atomic mass is 10.1. The van der Waals surface area contributed by atoms with E-state index in [2.05, 4.69) is 22.1 Å². The fraction of sp³-hybridized carbons (Fsp3) is 0.529. The molecule has 7 heteroatoms. The van der Waals surface area contributed by atoms with E-state index in [0.29, 0.717) is 23.3 Å². The van der Waals surface area contributed by atoms with Crippen LogP contribution in [0.5, 0.6) is 5.75 Å². The van der Waals surface area contributed by atoms with Gasteiger partial charge < -0.3 is 9.84 Å². The van der Waals surface area contributed by atoms with Gasteiger partial charge in [0.25, 0.3) is 0 Å². The lowest BCUT2D eigenvalue weighted by Crippen LogP contribution is -2.22. The van der Waals surface area contributed by atoms with E-state index in [1.165, 1.54) is 5.56 Å². The van der Waals surface area contributed by atoms with Crippen molar-refractivity contribution in [3.8, 4) is 5.75 Å². The highest BCUT2D eigenvalue weighted by Gasteiger charge is 2.28. The maximum atomic E-state index is 9.51. The molecule has 1 saturated carbocycles. The maximum absolute atomic E-state index is 9.51. The number of hydrogen-bond donors (Lipinski definition) is 1. The summed E-state index contributed by atoms with van der Waals surface area (Å²) < 4.78 is 9.80. The van der Waals surface area contributed by atoms with Gasteiger partial charge in [-0.3, -0.25) is 9.47 Å². The summed E-state index contributed by atoms with van der Waals surface area (Å²) in [5.74, 6) is 1.57. The lowest BCUT2D eigenvalue weighted by Gasteiger charge is -2.17. The monoisotopic (exact) mass is 348 g/mol. The number of nitrogens with zero attached hydrogens (tertiary/aromatic N) is 4. The van der Waals surface area contributed by atoms with Crippen molar-refractivity contribution in [1.29, 1.82) is 0 Å². The first-order valence-electron chi connectivity index (χ1n) is 8.14. The Morgan fingerprint density at radius 1 is 1.42 bits per heavy atom. The summed E-state index contributed by atoms with van der Waals surface area (Å²) in [6, 6.07) is 6.62. The highest BCUT2D eigenvalue weighted by atomic mass is 32.1. The van der Waals surface area contributed by atoms with Crippen molar-refractivity contribution in [2.75, 3.05) is 14.2 Å². The molecule has 1 heterocycles. The molecule has 1 aliphatic carbocycles. The number of aliphatic hydroxyl groups excluding tert-OH is 1. The number of rotatable bonds is 7. The molecule has 0 aliphatic heterocycles. The number of aromatic nitrogens is 3. The third-order valence-electron chi connectivity index (χ3n) is 4.28. The predicted molar refractivity (Wildman–Crippen MR) is 94.4 cm³/mol. The maximum Gasteiger partial charge on any atom is 0.199 e. The van der Waals surface area contributed by atoms with Crippen LogP contribution in [0.15, 0.2) is 18.2 Å². The third kappa shape index (κ3) is 3.53. The van der Waals surface area contributed by atoms with Gasteiger partial charge in [-0.25, -0.2) is 4.68 Å². The molecule has 1 N–H and O–H groups in total. The van der Waals surface area contributed by atoms with Crippen LogP contribution in [0.3, 0.4) is 0 Å². The fourth-order valence-corrected chi connectivity index (χ4v) is 3.35. The first kappa shape index (κ1) is 17.1. The number of ether oxygens (including phenoxy) is 1. The summed E-state index contributed by atoms with van der Waals surface area (Å²) in [7, 11) is 3.72. The van der Waals surface area contributed by atoms with E-state index in [1.807, 2.05) is 24.6 Å². The molecule has 130 valence electrons. The number of hydrogen-bond acceptors (Lipinski definition) is 5. The summed E-state index contributed by atoms with van der Waals surface area (Å²) in [5, 5.41) is 14.0. The minimum atomic E-state index is -0.0749. The topological polar surface area (TPSA) is 55.4 Å². The van der Waals surface area contributed by atoms with Gasteiger partial charge in [0, 0.05) is 12.6 Å². The second kappa shape index (κ2) is 7.04. The van der Waals surface area contributed by atoms with Gasteiger partial charge >= 0.3 is 0 Å². The summed E-state index contributed by atoms with van der Waals surface area (Å²) >= 11 is 5.54. The minimum absolute atomic E-state index is 0.0749. The second-order valence-electron chi connectivity index (χ2n) is 6.42. The van der Waals surface area contributed by atoms with Crippen molar-refractivity contribution < 1.29 is 9.84 Å². The van der Waals surface area contributed by atoms with E-state index in [1.54, 1.807) is 11.8 Å². The Kier molecular flexibility index (Phi) is 5.03. The molecule has 1 aromatic heterocycles. The predicted octanol–water partition coefficient (Wildman–Crippen LogP) is 2.65. The molecule has 2 aromatic rings. The Labute approximate surface area is 147 Å². The molecule has 3 rings (SSSR count). The lowest BCUT2D eigenvalue weighted by molar-refractivity contribution is 0.238. The molecule has 0 saturated heterocycles. The van der Waals surface area contributed by atoms with Gasteiger partial charge in [-0.2, -0.15) is 5.10 Å². The van der Waals surface area contributed by atoms with E-state index in [9.17, 15) is 5.11 Å². The zero-order valence-electron chi connectivity index (χ0n) is 14.4. The van der Waals surface area contributed by atoms with Gasteiger partial charge in [-0.1, -0.05) is 12.1 Å². The molecular formula is C17H24N4O2S. The van der Waals surface area contributed by atoms with Crippen molar-refractivity contribution in [1.82, 2.24) is 19.2 Å². The van der Waals surface area contributed by atoms with Crippen LogP contribution in [0.1, 0.15) is 35.8 Å². The summed E-state index contributed by atoms with van der Waals surface area (Å²) in [6.07, 6.45) is 2.24. The third-order valence-corrected chi connectivity index (χ3v) is 4.69. The zero-order chi connectivity index (χ0) is 17.3. The second-order valence-corrected chi connectivity index (χ2v) is 6.78. The van der Waals surface area contributed by atoms with Gasteiger partial charge in [0.2, 0.25) is 0 Å². The standard InChI is InChI=1S/C17H24N4O2S/c1-12-8-13(4-7-15(12)23-3)9-19(2)11-20-17(24)21(14-5-6-14)16(10-22)18-20/h4,7-8,14,22H,5-6,9-11H2,1-3H3. The van der Waals surface area contributed by atoms with Crippen LogP contribution in [0, 0.1) is 11.7 Å². The van der Waals surface area contributed by atoms with E-state index >= 15 is 0 Å². The highest BCUT2D eigenvalue weighted by Crippen LogP contribution is 2.36.